The number of aromatic nitrogens is 7. The summed E-state index contributed by atoms with van der Waals surface area (Å²) in [6, 6.07) is 25.0. The summed E-state index contributed by atoms with van der Waals surface area (Å²) in [5, 5.41) is 17.3. The lowest BCUT2D eigenvalue weighted by atomic mass is 9.75. The number of pyridine rings is 1. The van der Waals surface area contributed by atoms with Gasteiger partial charge in [-0.05, 0) is 159 Å². The largest absolute Gasteiger partial charge is 0.368 e. The number of amides is 1. The van der Waals surface area contributed by atoms with E-state index in [2.05, 4.69) is 68.4 Å². The van der Waals surface area contributed by atoms with Crippen molar-refractivity contribution in [3.63, 3.8) is 0 Å². The van der Waals surface area contributed by atoms with Gasteiger partial charge in [0.2, 0.25) is 35.7 Å². The molecule has 2 bridgehead atoms. The van der Waals surface area contributed by atoms with Gasteiger partial charge in [-0.3, -0.25) is 56.1 Å². The summed E-state index contributed by atoms with van der Waals surface area (Å²) in [4.78, 5) is 108. The van der Waals surface area contributed by atoms with Crippen molar-refractivity contribution < 1.29 is 102 Å². The van der Waals surface area contributed by atoms with Crippen LogP contribution in [0.4, 0.5) is 64.1 Å². The summed E-state index contributed by atoms with van der Waals surface area (Å²) < 4.78 is 217. The van der Waals surface area contributed by atoms with Crippen LogP contribution in [0.2, 0.25) is 0 Å². The van der Waals surface area contributed by atoms with Crippen LogP contribution >= 0.6 is 0 Å². The first-order valence-corrected chi connectivity index (χ1v) is 46.6. The summed E-state index contributed by atoms with van der Waals surface area (Å²) in [5.74, 6) is -5.61. The van der Waals surface area contributed by atoms with E-state index in [0.29, 0.717) is 37.8 Å². The Morgan fingerprint density at radius 2 is 0.889 bits per heavy atom. The third-order valence-electron chi connectivity index (χ3n) is 22.3. The van der Waals surface area contributed by atoms with Crippen LogP contribution in [-0.2, 0) is 72.6 Å². The Morgan fingerprint density at radius 3 is 1.37 bits per heavy atom. The number of nitrogens with one attached hydrogen (secondary N) is 6. The van der Waals surface area contributed by atoms with Crippen LogP contribution in [0.1, 0.15) is 122 Å². The Kier molecular flexibility index (Phi) is 23.0. The summed E-state index contributed by atoms with van der Waals surface area (Å²) in [7, 11) is -28.7. The monoisotopic (exact) mass is 1830 g/mol. The zero-order valence-electron chi connectivity index (χ0n) is 65.7. The molecule has 0 radical (unpaired) electrons. The first-order chi connectivity index (χ1) is 59.2. The van der Waals surface area contributed by atoms with E-state index in [1.54, 1.807) is 0 Å². The van der Waals surface area contributed by atoms with E-state index in [-0.39, 0.29) is 138 Å². The molecule has 15 rings (SSSR count). The summed E-state index contributed by atoms with van der Waals surface area (Å²) in [6.45, 7) is 3.99. The number of aryl methyl sites for hydroxylation is 1. The topological polar surface area (TPSA) is 638 Å². The maximum absolute atomic E-state index is 14.9. The SMILES string of the molecule is C=C1C(=O)c2ccccc2C2=C(C(=O)c3cccc(S(=O)(=O)O)c3)C(=O)N(C)/C(=C/C=C1Nc1cc(Nc3nc(N)nc(NC4CCC(CC5CCC(Nc6nc(N)nc(Nc7cc(Nc8ccc9c%10c8C(=O)c8ccccc8-c%10c(C(=O)c8cccc(S(=O)(=O)O)c8)c(=O)n9C)c(S(=O)(=O)O)cc7S(=O)(=O)O)n6)CC5)CC4)n3)c(S(=O)(=O)O)cc1S(=O)(=O)O)C2. The average Bonchev–Trinajstić information content (AvgIpc) is 0.703. The van der Waals surface area contributed by atoms with Crippen molar-refractivity contribution in [2.75, 3.05) is 50.4 Å². The molecule has 10 aromatic rings. The Hall–Kier alpha value is -13.3. The number of hydrogen-bond donors (Lipinski definition) is 14. The van der Waals surface area contributed by atoms with Gasteiger partial charge in [-0.25, -0.2) is 0 Å². The number of hydrogen-bond acceptors (Lipinski definition) is 32. The number of fused-ring (bicyclic) bond motifs is 6. The van der Waals surface area contributed by atoms with Crippen molar-refractivity contribution in [3.05, 3.63) is 224 Å². The fourth-order valence-electron chi connectivity index (χ4n) is 16.3. The van der Waals surface area contributed by atoms with Crippen molar-refractivity contribution in [2.45, 2.75) is 106 Å². The number of anilines is 11. The number of benzene rings is 7. The number of carbonyl (C=O) groups excluding carboxylic acids is 5. The van der Waals surface area contributed by atoms with Crippen molar-refractivity contribution in [2.24, 2.45) is 18.9 Å². The normalized spacial score (nSPS) is 18.0. The Bertz CT molecular complexity index is 7380. The van der Waals surface area contributed by atoms with Gasteiger partial charge in [0, 0.05) is 82.8 Å². The van der Waals surface area contributed by atoms with E-state index in [1.165, 1.54) is 111 Å². The van der Waals surface area contributed by atoms with Crippen LogP contribution in [0.5, 0.6) is 0 Å². The van der Waals surface area contributed by atoms with E-state index in [1.807, 2.05) is 0 Å². The van der Waals surface area contributed by atoms with Gasteiger partial charge >= 0.3 is 0 Å². The molecule has 0 atom stereocenters. The molecule has 0 spiro atoms. The second-order valence-electron chi connectivity index (χ2n) is 30.3. The summed E-state index contributed by atoms with van der Waals surface area (Å²) >= 11 is 0. The Morgan fingerprint density at radius 1 is 0.452 bits per heavy atom. The van der Waals surface area contributed by atoms with Gasteiger partial charge < -0.3 is 52.8 Å². The molecule has 2 saturated carbocycles. The molecule has 1 amide bonds. The number of carbonyl (C=O) groups is 5. The minimum Gasteiger partial charge on any atom is -0.368 e. The van der Waals surface area contributed by atoms with Gasteiger partial charge in [0.05, 0.1) is 60.4 Å². The molecule has 7 aromatic carbocycles. The molecule has 2 fully saturated rings. The standard InChI is InChI=1S/C80H72N16O24S6/c1-38-53(27-26-45-33-52(48-14-4-6-16-50(48)69(38)97)65(73(101)95(45)2)70(98)41-10-8-12-46(31-41)121(103,104)105)85-55-34-57(62(125(115,116)117)36-60(55)123(109,110)111)87-79-91-75(81)89-77(93-79)83-43-22-18-39(19-23-43)30-40-20-24-44(25-21-40)84-78-90-76(82)92-80(94-78)88-58-35-56(61(124(112,113)114)37-63(58)126(118,119)120)86-54-28-29-59-67-64(49-15-5-7-17-51(49)72(100)66(54)67)68(74(102)96(59)3)71(99)42-11-9-13-47(32-42)122(106,107)108/h4-17,26-29,31-32,34-37,39-40,43-44,85-86H,1,18-25,30,33H2,2-3H3,(H,103,104,105)(H,106,107,108)(H,109,110,111)(H,112,113,114)(H,115,116,117)(H,118,119,120)(H4,81,83,87,89,91,93)(H4,82,84,88,90,92,94)/b45-26+,53-27?. The average molecular weight is 1830 g/mol. The second kappa shape index (κ2) is 33.0. The molecule has 0 saturated heterocycles. The summed E-state index contributed by atoms with van der Waals surface area (Å²) in [6.07, 6.45) is 8.72. The lowest BCUT2D eigenvalue weighted by Gasteiger charge is -2.34. The predicted molar refractivity (Wildman–Crippen MR) is 456 cm³/mol. The van der Waals surface area contributed by atoms with E-state index < -0.39 is 170 Å². The molecular formula is C80H72N16O24S6. The Balaban J connectivity index is 0.616. The minimum absolute atomic E-state index is 0.0263. The van der Waals surface area contributed by atoms with Crippen LogP contribution in [-0.4, -0.2) is 165 Å². The number of ketones is 4. The van der Waals surface area contributed by atoms with E-state index in [0.717, 1.165) is 78.0 Å². The highest BCUT2D eigenvalue weighted by Crippen LogP contribution is 2.48. The number of rotatable bonds is 24. The quantitative estimate of drug-likeness (QED) is 0.0116. The van der Waals surface area contributed by atoms with Crippen molar-refractivity contribution in [3.8, 4) is 11.1 Å². The smallest absolute Gasteiger partial charge is 0.296 e. The first kappa shape index (κ1) is 87.6. The molecule has 16 N–H and O–H groups in total. The second-order valence-corrected chi connectivity index (χ2v) is 38.7. The molecule has 5 aliphatic rings. The number of Topliss-reactive ketones (excluding diaryl/α,β-unsaturated/α-hetero) is 2. The maximum atomic E-state index is 14.9. The highest BCUT2D eigenvalue weighted by molar-refractivity contribution is 7.87. The molecule has 1 aliphatic heterocycles. The van der Waals surface area contributed by atoms with Crippen molar-refractivity contribution in [1.29, 1.82) is 0 Å². The molecule has 3 aromatic heterocycles. The van der Waals surface area contributed by atoms with Gasteiger partial charge in [0.1, 0.15) is 19.6 Å². The van der Waals surface area contributed by atoms with Crippen molar-refractivity contribution >= 4 is 170 Å². The lowest BCUT2D eigenvalue weighted by Crippen LogP contribution is -2.35. The van der Waals surface area contributed by atoms with Gasteiger partial charge in [0.15, 0.2) is 23.1 Å². The zero-order valence-corrected chi connectivity index (χ0v) is 70.6. The van der Waals surface area contributed by atoms with Crippen LogP contribution < -0.4 is 48.9 Å². The van der Waals surface area contributed by atoms with Gasteiger partial charge in [-0.15, -0.1) is 0 Å². The summed E-state index contributed by atoms with van der Waals surface area (Å²) in [5.41, 5.74) is 6.59. The number of allylic oxidation sites excluding steroid dienone is 4. The molecule has 0 unspecified atom stereocenters. The predicted octanol–water partition coefficient (Wildman–Crippen LogP) is 9.39. The lowest BCUT2D eigenvalue weighted by molar-refractivity contribution is -0.124. The molecular weight excluding hydrogens is 1760 g/mol. The molecule has 126 heavy (non-hydrogen) atoms. The number of nitrogens with two attached hydrogens (primary N) is 2. The van der Waals surface area contributed by atoms with Crippen LogP contribution in [0.15, 0.2) is 209 Å². The van der Waals surface area contributed by atoms with Gasteiger partial charge in [-0.1, -0.05) is 79.4 Å². The first-order valence-electron chi connectivity index (χ1n) is 38.0. The van der Waals surface area contributed by atoms with Crippen LogP contribution in [0.25, 0.3) is 27.6 Å². The molecule has 46 heteroatoms. The van der Waals surface area contributed by atoms with Gasteiger partial charge in [0.25, 0.3) is 72.2 Å². The fourth-order valence-corrected chi connectivity index (χ4v) is 20.1. The number of nitrogen functional groups attached to an aromatic ring is 2. The molecule has 40 nitrogen and oxygen atoms in total. The minimum atomic E-state index is -5.46. The van der Waals surface area contributed by atoms with Crippen molar-refractivity contribution in [1.82, 2.24) is 39.4 Å². The zero-order chi connectivity index (χ0) is 90.5. The number of likely N-dealkylation sites (N-methyl/N-ethyl adjacent to an activating group) is 1. The molecule has 4 heterocycles. The molecule has 652 valence electrons. The van der Waals surface area contributed by atoms with E-state index in [4.69, 9.17) is 11.5 Å². The third-order valence-corrected chi connectivity index (χ3v) is 27.5. The third kappa shape index (κ3) is 17.7. The van der Waals surface area contributed by atoms with Crippen LogP contribution in [0.3, 0.4) is 0 Å². The highest BCUT2D eigenvalue weighted by Gasteiger charge is 2.40. The maximum Gasteiger partial charge on any atom is 0.296 e. The van der Waals surface area contributed by atoms with Gasteiger partial charge in [-0.2, -0.15) is 80.4 Å². The number of nitrogens with zero attached hydrogens (tertiary/aromatic N) is 8. The fraction of sp³-hybridized carbons (Fsp3) is 0.200. The molecule has 4 aliphatic carbocycles. The highest BCUT2D eigenvalue weighted by atomic mass is 32.2. The van der Waals surface area contributed by atoms with E-state index >= 15 is 0 Å². The Labute approximate surface area is 717 Å². The van der Waals surface area contributed by atoms with Crippen LogP contribution in [0, 0.1) is 11.8 Å². The van der Waals surface area contributed by atoms with E-state index in [9.17, 15) is 107 Å².